The van der Waals surface area contributed by atoms with Gasteiger partial charge >= 0.3 is 0 Å². The van der Waals surface area contributed by atoms with Gasteiger partial charge in [-0.05, 0) is 54.6 Å². The van der Waals surface area contributed by atoms with E-state index in [9.17, 15) is 9.59 Å². The van der Waals surface area contributed by atoms with E-state index in [1.165, 1.54) is 11.8 Å². The summed E-state index contributed by atoms with van der Waals surface area (Å²) in [6, 6.07) is 17.6. The number of amides is 1. The fraction of sp³-hybridized carbons (Fsp3) is 0. The molecule has 0 aliphatic heterocycles. The van der Waals surface area contributed by atoms with E-state index in [0.717, 1.165) is 9.79 Å². The Morgan fingerprint density at radius 1 is 0.958 bits per heavy atom. The summed E-state index contributed by atoms with van der Waals surface area (Å²) < 4.78 is 0. The fourth-order valence-electron chi connectivity index (χ4n) is 2.07. The first-order valence-electron chi connectivity index (χ1n) is 7.24. The van der Waals surface area contributed by atoms with Crippen LogP contribution in [0.4, 0.5) is 11.4 Å². The van der Waals surface area contributed by atoms with Crippen molar-refractivity contribution in [2.24, 2.45) is 0 Å². The van der Waals surface area contributed by atoms with Gasteiger partial charge in [0.2, 0.25) is 5.56 Å². The maximum absolute atomic E-state index is 12.1. The molecule has 4 N–H and O–H groups in total. The van der Waals surface area contributed by atoms with Gasteiger partial charge in [-0.3, -0.25) is 9.59 Å². The summed E-state index contributed by atoms with van der Waals surface area (Å²) in [6.45, 7) is 0. The molecular weight excluding hydrogens is 322 g/mol. The van der Waals surface area contributed by atoms with Crippen LogP contribution in [0.25, 0.3) is 0 Å². The normalized spacial score (nSPS) is 10.3. The molecule has 1 aromatic heterocycles. The van der Waals surface area contributed by atoms with Crippen molar-refractivity contribution in [2.45, 2.75) is 9.79 Å². The molecule has 2 aromatic carbocycles. The third-order valence-corrected chi connectivity index (χ3v) is 4.26. The van der Waals surface area contributed by atoms with Crippen LogP contribution in [0, 0.1) is 0 Å². The molecule has 0 radical (unpaired) electrons. The number of nitrogens with one attached hydrogen (secondary N) is 2. The van der Waals surface area contributed by atoms with Crippen molar-refractivity contribution in [3.05, 3.63) is 82.8 Å². The number of aromatic nitrogens is 1. The molecule has 0 atom stereocenters. The van der Waals surface area contributed by atoms with Crippen LogP contribution in [-0.4, -0.2) is 10.9 Å². The summed E-state index contributed by atoms with van der Waals surface area (Å²) >= 11 is 1.48. The van der Waals surface area contributed by atoms with Gasteiger partial charge in [-0.1, -0.05) is 11.8 Å². The van der Waals surface area contributed by atoms with Gasteiger partial charge in [0.1, 0.15) is 0 Å². The topological polar surface area (TPSA) is 88.0 Å². The van der Waals surface area contributed by atoms with E-state index in [4.69, 9.17) is 5.73 Å². The van der Waals surface area contributed by atoms with Crippen molar-refractivity contribution in [3.63, 3.8) is 0 Å². The predicted molar refractivity (Wildman–Crippen MR) is 96.4 cm³/mol. The SMILES string of the molecule is Nc1ccc(C(=O)Nc2ccc(Sc3cc[nH]c(=O)c3)cc2)cc1. The third kappa shape index (κ3) is 4.05. The molecule has 0 saturated carbocycles. The maximum Gasteiger partial charge on any atom is 0.255 e. The van der Waals surface area contributed by atoms with Crippen molar-refractivity contribution in [1.82, 2.24) is 4.98 Å². The van der Waals surface area contributed by atoms with E-state index < -0.39 is 0 Å². The van der Waals surface area contributed by atoms with Crippen LogP contribution in [0.5, 0.6) is 0 Å². The molecule has 0 bridgehead atoms. The highest BCUT2D eigenvalue weighted by molar-refractivity contribution is 7.99. The van der Waals surface area contributed by atoms with Gasteiger partial charge < -0.3 is 16.0 Å². The van der Waals surface area contributed by atoms with E-state index in [-0.39, 0.29) is 11.5 Å². The molecule has 3 aromatic rings. The minimum atomic E-state index is -0.190. The van der Waals surface area contributed by atoms with Crippen molar-refractivity contribution < 1.29 is 4.79 Å². The summed E-state index contributed by atoms with van der Waals surface area (Å²) in [4.78, 5) is 27.9. The van der Waals surface area contributed by atoms with E-state index in [0.29, 0.717) is 16.9 Å². The number of nitrogens with two attached hydrogens (primary N) is 1. The monoisotopic (exact) mass is 337 g/mol. The molecule has 0 spiro atoms. The van der Waals surface area contributed by atoms with Crippen LogP contribution in [0.1, 0.15) is 10.4 Å². The lowest BCUT2D eigenvalue weighted by Crippen LogP contribution is -2.11. The Hall–Kier alpha value is -2.99. The van der Waals surface area contributed by atoms with E-state index in [1.807, 2.05) is 30.3 Å². The van der Waals surface area contributed by atoms with E-state index in [1.54, 1.807) is 36.5 Å². The van der Waals surface area contributed by atoms with Crippen molar-refractivity contribution >= 4 is 29.0 Å². The Balaban J connectivity index is 1.67. The zero-order valence-corrected chi connectivity index (χ0v) is 13.5. The van der Waals surface area contributed by atoms with Gasteiger partial charge in [-0.25, -0.2) is 0 Å². The largest absolute Gasteiger partial charge is 0.399 e. The quantitative estimate of drug-likeness (QED) is 0.637. The predicted octanol–water partition coefficient (Wildman–Crippen LogP) is 3.36. The van der Waals surface area contributed by atoms with E-state index >= 15 is 0 Å². The number of carbonyl (C=O) groups is 1. The lowest BCUT2D eigenvalue weighted by molar-refractivity contribution is 0.102. The summed E-state index contributed by atoms with van der Waals surface area (Å²) in [5.74, 6) is -0.190. The molecule has 0 saturated heterocycles. The number of pyridine rings is 1. The number of carbonyl (C=O) groups excluding carboxylic acids is 1. The molecule has 6 heteroatoms. The van der Waals surface area contributed by atoms with Crippen LogP contribution in [-0.2, 0) is 0 Å². The number of anilines is 2. The standard InChI is InChI=1S/C18H15N3O2S/c19-13-3-1-12(2-4-13)18(23)21-14-5-7-15(8-6-14)24-16-9-10-20-17(22)11-16/h1-11H,19H2,(H,20,22)(H,21,23). The smallest absolute Gasteiger partial charge is 0.255 e. The maximum atomic E-state index is 12.1. The van der Waals surface area contributed by atoms with Gasteiger partial charge in [0.15, 0.2) is 0 Å². The molecule has 3 rings (SSSR count). The van der Waals surface area contributed by atoms with Crippen LogP contribution < -0.4 is 16.6 Å². The van der Waals surface area contributed by atoms with Gasteiger partial charge in [0.25, 0.3) is 5.91 Å². The number of H-pyrrole nitrogens is 1. The first-order valence-corrected chi connectivity index (χ1v) is 8.05. The summed E-state index contributed by atoms with van der Waals surface area (Å²) in [5.41, 5.74) is 7.35. The summed E-state index contributed by atoms with van der Waals surface area (Å²) in [6.07, 6.45) is 1.62. The third-order valence-electron chi connectivity index (χ3n) is 3.27. The highest BCUT2D eigenvalue weighted by Gasteiger charge is 2.06. The number of rotatable bonds is 4. The zero-order valence-electron chi connectivity index (χ0n) is 12.7. The van der Waals surface area contributed by atoms with Gasteiger partial charge in [-0.15, -0.1) is 0 Å². The summed E-state index contributed by atoms with van der Waals surface area (Å²) in [7, 11) is 0. The molecule has 1 amide bonds. The van der Waals surface area contributed by atoms with Crippen LogP contribution >= 0.6 is 11.8 Å². The molecular formula is C18H15N3O2S. The second-order valence-electron chi connectivity index (χ2n) is 5.09. The van der Waals surface area contributed by atoms with Crippen molar-refractivity contribution in [3.8, 4) is 0 Å². The average molecular weight is 337 g/mol. The first kappa shape index (κ1) is 15.9. The highest BCUT2D eigenvalue weighted by atomic mass is 32.2. The minimum Gasteiger partial charge on any atom is -0.399 e. The molecule has 0 fully saturated rings. The Labute approximate surface area is 142 Å². The highest BCUT2D eigenvalue weighted by Crippen LogP contribution is 2.27. The van der Waals surface area contributed by atoms with Gasteiger partial charge in [0.05, 0.1) is 0 Å². The fourth-order valence-corrected chi connectivity index (χ4v) is 2.91. The number of hydrogen-bond donors (Lipinski definition) is 3. The number of benzene rings is 2. The average Bonchev–Trinajstić information content (AvgIpc) is 2.57. The van der Waals surface area contributed by atoms with Crippen molar-refractivity contribution in [2.75, 3.05) is 11.1 Å². The molecule has 1 heterocycles. The molecule has 0 aliphatic carbocycles. The first-order chi connectivity index (χ1) is 11.6. The van der Waals surface area contributed by atoms with Crippen LogP contribution in [0.3, 0.4) is 0 Å². The lowest BCUT2D eigenvalue weighted by atomic mass is 10.2. The Kier molecular flexibility index (Phi) is 4.67. The number of nitrogen functional groups attached to an aromatic ring is 1. The Bertz CT molecular complexity index is 903. The summed E-state index contributed by atoms with van der Waals surface area (Å²) in [5, 5.41) is 2.83. The lowest BCUT2D eigenvalue weighted by Gasteiger charge is -2.07. The second kappa shape index (κ2) is 7.06. The Morgan fingerprint density at radius 2 is 1.67 bits per heavy atom. The Morgan fingerprint density at radius 3 is 2.33 bits per heavy atom. The van der Waals surface area contributed by atoms with E-state index in [2.05, 4.69) is 10.3 Å². The van der Waals surface area contributed by atoms with Crippen LogP contribution in [0.2, 0.25) is 0 Å². The van der Waals surface area contributed by atoms with Gasteiger partial charge in [0, 0.05) is 39.0 Å². The molecule has 120 valence electrons. The number of aromatic amines is 1. The molecule has 0 aliphatic rings. The number of hydrogen-bond acceptors (Lipinski definition) is 4. The van der Waals surface area contributed by atoms with Crippen LogP contribution in [0.15, 0.2) is 81.4 Å². The molecule has 24 heavy (non-hydrogen) atoms. The molecule has 0 unspecified atom stereocenters. The molecule has 5 nitrogen and oxygen atoms in total. The second-order valence-corrected chi connectivity index (χ2v) is 6.24. The van der Waals surface area contributed by atoms with Gasteiger partial charge in [-0.2, -0.15) is 0 Å². The minimum absolute atomic E-state index is 0.132. The zero-order chi connectivity index (χ0) is 16.9. The van der Waals surface area contributed by atoms with Crippen molar-refractivity contribution in [1.29, 1.82) is 0 Å².